The van der Waals surface area contributed by atoms with E-state index in [1.54, 1.807) is 48.0 Å². The number of hydrogen-bond donors (Lipinski definition) is 0. The summed E-state index contributed by atoms with van der Waals surface area (Å²) >= 11 is 1.30. The van der Waals surface area contributed by atoms with Crippen molar-refractivity contribution in [3.05, 3.63) is 95.5 Å². The molecule has 3 rings (SSSR count). The lowest BCUT2D eigenvalue weighted by atomic mass is 10.2. The number of benzene rings is 2. The lowest BCUT2D eigenvalue weighted by Crippen LogP contribution is -2.04. The van der Waals surface area contributed by atoms with Gasteiger partial charge in [0.2, 0.25) is 9.84 Å². The van der Waals surface area contributed by atoms with E-state index in [1.807, 2.05) is 43.3 Å². The van der Waals surface area contributed by atoms with Crippen molar-refractivity contribution in [1.29, 1.82) is 0 Å². The standard InChI is InChI=1S/C20H17NO2S2/c1-16-10-12-18(13-11-16)25(22,23)19(17-7-3-2-4-8-17)15-24-20-9-5-6-14-21-20/h2-15H,1H3/b19-15+. The molecular formula is C20H17NO2S2. The van der Waals surface area contributed by atoms with Crippen LogP contribution in [0.5, 0.6) is 0 Å². The number of sulfone groups is 1. The second-order valence-corrected chi connectivity index (χ2v) is 8.26. The van der Waals surface area contributed by atoms with Crippen LogP contribution in [0.25, 0.3) is 4.91 Å². The first kappa shape index (κ1) is 17.5. The van der Waals surface area contributed by atoms with Gasteiger partial charge in [0, 0.05) is 6.20 Å². The fourth-order valence-corrected chi connectivity index (χ4v) is 4.75. The van der Waals surface area contributed by atoms with Crippen LogP contribution in [0.1, 0.15) is 11.1 Å². The van der Waals surface area contributed by atoms with Crippen LogP contribution in [0.2, 0.25) is 0 Å². The molecule has 2 aromatic carbocycles. The zero-order valence-corrected chi connectivity index (χ0v) is 15.3. The first-order valence-electron chi connectivity index (χ1n) is 7.72. The summed E-state index contributed by atoms with van der Waals surface area (Å²) in [6.45, 7) is 1.93. The lowest BCUT2D eigenvalue weighted by Gasteiger charge is -2.10. The Bertz CT molecular complexity index is 965. The first-order chi connectivity index (χ1) is 12.1. The third kappa shape index (κ3) is 4.18. The topological polar surface area (TPSA) is 47.0 Å². The van der Waals surface area contributed by atoms with Gasteiger partial charge in [-0.15, -0.1) is 0 Å². The van der Waals surface area contributed by atoms with E-state index in [0.29, 0.717) is 5.56 Å². The van der Waals surface area contributed by atoms with Crippen molar-refractivity contribution in [2.45, 2.75) is 16.8 Å². The Hall–Kier alpha value is -2.37. The van der Waals surface area contributed by atoms with E-state index in [0.717, 1.165) is 10.6 Å². The fourth-order valence-electron chi connectivity index (χ4n) is 2.26. The third-order valence-electron chi connectivity index (χ3n) is 3.60. The summed E-state index contributed by atoms with van der Waals surface area (Å²) in [4.78, 5) is 4.79. The van der Waals surface area contributed by atoms with Gasteiger partial charge >= 0.3 is 0 Å². The molecule has 0 saturated heterocycles. The summed E-state index contributed by atoms with van der Waals surface area (Å²) in [7, 11) is -3.63. The molecule has 0 aliphatic carbocycles. The van der Waals surface area contributed by atoms with Gasteiger partial charge in [-0.2, -0.15) is 0 Å². The Labute approximate surface area is 152 Å². The number of aryl methyl sites for hydroxylation is 1. The van der Waals surface area contributed by atoms with Crippen LogP contribution < -0.4 is 0 Å². The predicted molar refractivity (Wildman–Crippen MR) is 103 cm³/mol. The molecule has 3 nitrogen and oxygen atoms in total. The Balaban J connectivity index is 2.06. The molecule has 0 spiro atoms. The van der Waals surface area contributed by atoms with Crippen molar-refractivity contribution in [3.63, 3.8) is 0 Å². The molecule has 0 N–H and O–H groups in total. The minimum Gasteiger partial charge on any atom is -0.250 e. The van der Waals surface area contributed by atoms with Crippen LogP contribution in [0.15, 0.2) is 94.3 Å². The third-order valence-corrected chi connectivity index (χ3v) is 6.41. The van der Waals surface area contributed by atoms with Gasteiger partial charge in [-0.1, -0.05) is 65.9 Å². The van der Waals surface area contributed by atoms with Crippen molar-refractivity contribution in [1.82, 2.24) is 4.98 Å². The number of thioether (sulfide) groups is 1. The maximum Gasteiger partial charge on any atom is 0.207 e. The highest BCUT2D eigenvalue weighted by Gasteiger charge is 2.22. The molecule has 0 unspecified atom stereocenters. The first-order valence-corrected chi connectivity index (χ1v) is 10.1. The molecule has 0 bridgehead atoms. The summed E-state index contributed by atoms with van der Waals surface area (Å²) in [5.74, 6) is 0. The molecule has 1 heterocycles. The van der Waals surface area contributed by atoms with Crippen molar-refractivity contribution in [2.24, 2.45) is 0 Å². The zero-order valence-electron chi connectivity index (χ0n) is 13.7. The quantitative estimate of drug-likeness (QED) is 0.598. The van der Waals surface area contributed by atoms with E-state index in [9.17, 15) is 8.42 Å². The molecule has 3 aromatic rings. The minimum atomic E-state index is -3.63. The van der Waals surface area contributed by atoms with Gasteiger partial charge in [0.15, 0.2) is 0 Å². The lowest BCUT2D eigenvalue weighted by molar-refractivity contribution is 0.606. The molecule has 0 amide bonds. The Morgan fingerprint density at radius 3 is 2.24 bits per heavy atom. The molecule has 25 heavy (non-hydrogen) atoms. The van der Waals surface area contributed by atoms with Crippen molar-refractivity contribution < 1.29 is 8.42 Å². The molecule has 1 aromatic heterocycles. The van der Waals surface area contributed by atoms with Crippen LogP contribution in [0.3, 0.4) is 0 Å². The molecule has 0 fully saturated rings. The SMILES string of the molecule is Cc1ccc(S(=O)(=O)/C(=C/Sc2ccccn2)c2ccccc2)cc1. The Kier molecular flexibility index (Phi) is 5.36. The van der Waals surface area contributed by atoms with Gasteiger partial charge in [-0.3, -0.25) is 0 Å². The highest BCUT2D eigenvalue weighted by Crippen LogP contribution is 2.32. The van der Waals surface area contributed by atoms with Gasteiger partial charge in [0.25, 0.3) is 0 Å². The van der Waals surface area contributed by atoms with Crippen molar-refractivity contribution in [2.75, 3.05) is 0 Å². The van der Waals surface area contributed by atoms with E-state index in [1.165, 1.54) is 11.8 Å². The highest BCUT2D eigenvalue weighted by atomic mass is 32.2. The number of aromatic nitrogens is 1. The molecule has 0 aliphatic rings. The zero-order chi connectivity index (χ0) is 17.7. The molecular weight excluding hydrogens is 350 g/mol. The van der Waals surface area contributed by atoms with E-state index >= 15 is 0 Å². The maximum absolute atomic E-state index is 13.2. The van der Waals surface area contributed by atoms with Crippen molar-refractivity contribution >= 4 is 26.5 Å². The van der Waals surface area contributed by atoms with Crippen LogP contribution in [-0.2, 0) is 9.84 Å². The maximum atomic E-state index is 13.2. The molecule has 0 aliphatic heterocycles. The summed E-state index contributed by atoms with van der Waals surface area (Å²) in [5.41, 5.74) is 1.68. The minimum absolute atomic E-state index is 0.271. The Morgan fingerprint density at radius 2 is 1.60 bits per heavy atom. The number of hydrogen-bond acceptors (Lipinski definition) is 4. The monoisotopic (exact) mass is 367 g/mol. The molecule has 0 radical (unpaired) electrons. The number of nitrogens with zero attached hydrogens (tertiary/aromatic N) is 1. The smallest absolute Gasteiger partial charge is 0.207 e. The van der Waals surface area contributed by atoms with Crippen LogP contribution in [0, 0.1) is 6.92 Å². The number of pyridine rings is 1. The molecule has 5 heteroatoms. The summed E-state index contributed by atoms with van der Waals surface area (Å²) in [6.07, 6.45) is 1.69. The summed E-state index contributed by atoms with van der Waals surface area (Å²) in [5, 5.41) is 2.40. The van der Waals surface area contributed by atoms with E-state index in [4.69, 9.17) is 0 Å². The largest absolute Gasteiger partial charge is 0.250 e. The predicted octanol–water partition coefficient (Wildman–Crippen LogP) is 4.95. The second-order valence-electron chi connectivity index (χ2n) is 5.45. The van der Waals surface area contributed by atoms with Crippen LogP contribution in [-0.4, -0.2) is 13.4 Å². The average Bonchev–Trinajstić information content (AvgIpc) is 2.64. The van der Waals surface area contributed by atoms with Gasteiger partial charge in [-0.25, -0.2) is 13.4 Å². The van der Waals surface area contributed by atoms with E-state index in [2.05, 4.69) is 4.98 Å². The van der Waals surface area contributed by atoms with Gasteiger partial charge in [0.05, 0.1) is 9.80 Å². The highest BCUT2D eigenvalue weighted by molar-refractivity contribution is 8.05. The van der Waals surface area contributed by atoms with Gasteiger partial charge in [0.1, 0.15) is 5.03 Å². The molecule has 126 valence electrons. The Morgan fingerprint density at radius 1 is 0.920 bits per heavy atom. The summed E-state index contributed by atoms with van der Waals surface area (Å²) in [6, 6.07) is 21.6. The second kappa shape index (κ2) is 7.68. The van der Waals surface area contributed by atoms with E-state index < -0.39 is 9.84 Å². The van der Waals surface area contributed by atoms with Gasteiger partial charge < -0.3 is 0 Å². The van der Waals surface area contributed by atoms with Crippen LogP contribution in [0.4, 0.5) is 0 Å². The average molecular weight is 367 g/mol. The normalized spacial score (nSPS) is 12.1. The van der Waals surface area contributed by atoms with Gasteiger partial charge in [-0.05, 0) is 42.2 Å². The molecule has 0 atom stereocenters. The van der Waals surface area contributed by atoms with Crippen molar-refractivity contribution in [3.8, 4) is 0 Å². The fraction of sp³-hybridized carbons (Fsp3) is 0.0500. The van der Waals surface area contributed by atoms with Crippen LogP contribution >= 0.6 is 11.8 Å². The number of rotatable bonds is 5. The van der Waals surface area contributed by atoms with E-state index in [-0.39, 0.29) is 9.80 Å². The summed E-state index contributed by atoms with van der Waals surface area (Å²) < 4.78 is 26.3. The molecule has 0 saturated carbocycles.